The molecule has 7 nitrogen and oxygen atoms in total. The fourth-order valence-corrected chi connectivity index (χ4v) is 4.44. The second-order valence-corrected chi connectivity index (χ2v) is 9.72. The van der Waals surface area contributed by atoms with Crippen LogP contribution < -0.4 is 10.9 Å². The molecule has 2 aromatic heterocycles. The molecule has 0 amide bonds. The molecular weight excluding hydrogens is 423 g/mol. The van der Waals surface area contributed by atoms with Gasteiger partial charge < -0.3 is 5.32 Å². The Hall–Kier alpha value is -2.09. The van der Waals surface area contributed by atoms with Gasteiger partial charge in [0.25, 0.3) is 5.56 Å². The smallest absolute Gasteiger partial charge is 0.263 e. The van der Waals surface area contributed by atoms with Crippen LogP contribution in [0.2, 0.25) is 10.0 Å². The quantitative estimate of drug-likeness (QED) is 0.623. The highest BCUT2D eigenvalue weighted by atomic mass is 35.5. The molecule has 0 saturated carbocycles. The molecule has 0 aliphatic carbocycles. The Morgan fingerprint density at radius 1 is 1.17 bits per heavy atom. The highest BCUT2D eigenvalue weighted by Gasteiger charge is 2.22. The predicted octanol–water partition coefficient (Wildman–Crippen LogP) is 4.26. The van der Waals surface area contributed by atoms with Crippen LogP contribution in [0.3, 0.4) is 0 Å². The van der Waals surface area contributed by atoms with Crippen molar-refractivity contribution in [1.82, 2.24) is 24.6 Å². The minimum Gasteiger partial charge on any atom is -0.353 e. The van der Waals surface area contributed by atoms with Crippen LogP contribution in [0.15, 0.2) is 29.2 Å². The van der Waals surface area contributed by atoms with Gasteiger partial charge in [-0.3, -0.25) is 14.7 Å². The second-order valence-electron chi connectivity index (χ2n) is 8.85. The number of fused-ring (bicyclic) bond motifs is 1. The van der Waals surface area contributed by atoms with Crippen LogP contribution in [0, 0.1) is 0 Å². The first-order chi connectivity index (χ1) is 14.2. The number of nitrogens with zero attached hydrogens (tertiary/aromatic N) is 4. The van der Waals surface area contributed by atoms with Crippen molar-refractivity contribution in [1.29, 1.82) is 0 Å². The molecule has 0 unspecified atom stereocenters. The van der Waals surface area contributed by atoms with E-state index in [4.69, 9.17) is 23.2 Å². The number of H-pyrrole nitrogens is 1. The van der Waals surface area contributed by atoms with E-state index in [0.29, 0.717) is 27.0 Å². The van der Waals surface area contributed by atoms with Crippen LogP contribution in [-0.4, -0.2) is 43.8 Å². The summed E-state index contributed by atoms with van der Waals surface area (Å²) in [6, 6.07) is 5.91. The van der Waals surface area contributed by atoms with E-state index >= 15 is 0 Å². The lowest BCUT2D eigenvalue weighted by molar-refractivity contribution is 0.211. The molecule has 30 heavy (non-hydrogen) atoms. The Balaban J connectivity index is 1.42. The Morgan fingerprint density at radius 3 is 2.47 bits per heavy atom. The normalized spacial score (nSPS) is 16.3. The van der Waals surface area contributed by atoms with Crippen LogP contribution in [0.5, 0.6) is 0 Å². The van der Waals surface area contributed by atoms with Crippen LogP contribution in [0.4, 0.5) is 5.95 Å². The number of aromatic nitrogens is 4. The van der Waals surface area contributed by atoms with Gasteiger partial charge in [-0.2, -0.15) is 10.1 Å². The molecule has 3 heterocycles. The number of rotatable bonds is 4. The molecule has 1 aromatic carbocycles. The summed E-state index contributed by atoms with van der Waals surface area (Å²) in [7, 11) is 0. The fourth-order valence-electron chi connectivity index (χ4n) is 3.87. The molecule has 160 valence electrons. The molecule has 4 rings (SSSR count). The van der Waals surface area contributed by atoms with E-state index < -0.39 is 0 Å². The summed E-state index contributed by atoms with van der Waals surface area (Å²) in [6.07, 6.45) is 3.49. The Morgan fingerprint density at radius 2 is 1.83 bits per heavy atom. The van der Waals surface area contributed by atoms with Gasteiger partial charge in [0.1, 0.15) is 5.39 Å². The minimum absolute atomic E-state index is 0.173. The lowest BCUT2D eigenvalue weighted by Gasteiger charge is -2.32. The van der Waals surface area contributed by atoms with Gasteiger partial charge in [0.2, 0.25) is 5.95 Å². The molecule has 2 N–H and O–H groups in total. The largest absolute Gasteiger partial charge is 0.353 e. The Bertz CT molecular complexity index is 1090. The number of anilines is 1. The summed E-state index contributed by atoms with van der Waals surface area (Å²) in [4.78, 5) is 22.4. The predicted molar refractivity (Wildman–Crippen MR) is 122 cm³/mol. The number of piperidine rings is 1. The van der Waals surface area contributed by atoms with E-state index in [1.54, 1.807) is 16.9 Å². The van der Waals surface area contributed by atoms with Crippen molar-refractivity contribution < 1.29 is 0 Å². The van der Waals surface area contributed by atoms with Gasteiger partial charge in [0, 0.05) is 35.7 Å². The number of hydrogen-bond donors (Lipinski definition) is 2. The highest BCUT2D eigenvalue weighted by molar-refractivity contribution is 6.34. The number of aromatic amines is 1. The van der Waals surface area contributed by atoms with Gasteiger partial charge in [-0.25, -0.2) is 4.68 Å². The molecule has 1 aliphatic heterocycles. The molecule has 1 fully saturated rings. The third-order valence-corrected chi connectivity index (χ3v) is 5.77. The number of halogens is 2. The molecule has 9 heteroatoms. The molecule has 0 atom stereocenters. The van der Waals surface area contributed by atoms with E-state index in [-0.39, 0.29) is 17.1 Å². The SMILES string of the molecule is CC(C)(C)n1ncc2c(=O)[nH]c(NC3CCN(Cc4cc(Cl)cc(Cl)c4)CC3)nc21. The van der Waals surface area contributed by atoms with Crippen LogP contribution >= 0.6 is 23.2 Å². The lowest BCUT2D eigenvalue weighted by Crippen LogP contribution is -2.39. The van der Waals surface area contributed by atoms with Crippen molar-refractivity contribution in [3.8, 4) is 0 Å². The average Bonchev–Trinajstić information content (AvgIpc) is 3.07. The number of likely N-dealkylation sites (tertiary alicyclic amines) is 1. The zero-order chi connectivity index (χ0) is 21.5. The third kappa shape index (κ3) is 4.63. The first kappa shape index (κ1) is 21.2. The molecule has 1 saturated heterocycles. The van der Waals surface area contributed by atoms with Crippen molar-refractivity contribution in [2.75, 3.05) is 18.4 Å². The second kappa shape index (κ2) is 8.21. The Labute approximate surface area is 185 Å². The summed E-state index contributed by atoms with van der Waals surface area (Å²) in [5, 5.41) is 9.59. The zero-order valence-corrected chi connectivity index (χ0v) is 18.9. The molecule has 0 bridgehead atoms. The average molecular weight is 449 g/mol. The summed E-state index contributed by atoms with van der Waals surface area (Å²) >= 11 is 12.2. The van der Waals surface area contributed by atoms with E-state index in [1.807, 2.05) is 32.9 Å². The van der Waals surface area contributed by atoms with Crippen molar-refractivity contribution in [2.24, 2.45) is 0 Å². The lowest BCUT2D eigenvalue weighted by atomic mass is 10.0. The maximum absolute atomic E-state index is 12.5. The van der Waals surface area contributed by atoms with Gasteiger partial charge >= 0.3 is 0 Å². The summed E-state index contributed by atoms with van der Waals surface area (Å²) in [6.45, 7) is 8.82. The van der Waals surface area contributed by atoms with E-state index in [1.165, 1.54) is 0 Å². The maximum atomic E-state index is 12.5. The summed E-state index contributed by atoms with van der Waals surface area (Å²) in [5.41, 5.74) is 1.29. The van der Waals surface area contributed by atoms with Gasteiger partial charge in [0.15, 0.2) is 5.65 Å². The molecular formula is C21H26Cl2N6O. The third-order valence-electron chi connectivity index (χ3n) is 5.33. The van der Waals surface area contributed by atoms with Gasteiger partial charge in [0.05, 0.1) is 11.7 Å². The monoisotopic (exact) mass is 448 g/mol. The Kier molecular flexibility index (Phi) is 5.79. The molecule has 0 radical (unpaired) electrons. The minimum atomic E-state index is -0.256. The number of nitrogens with one attached hydrogen (secondary N) is 2. The molecule has 3 aromatic rings. The van der Waals surface area contributed by atoms with E-state index in [9.17, 15) is 4.79 Å². The summed E-state index contributed by atoms with van der Waals surface area (Å²) in [5.74, 6) is 0.499. The summed E-state index contributed by atoms with van der Waals surface area (Å²) < 4.78 is 1.79. The number of hydrogen-bond acceptors (Lipinski definition) is 5. The fraction of sp³-hybridized carbons (Fsp3) is 0.476. The number of benzene rings is 1. The first-order valence-electron chi connectivity index (χ1n) is 10.1. The van der Waals surface area contributed by atoms with Crippen molar-refractivity contribution in [2.45, 2.75) is 51.7 Å². The van der Waals surface area contributed by atoms with Gasteiger partial charge in [-0.1, -0.05) is 23.2 Å². The van der Waals surface area contributed by atoms with Crippen LogP contribution in [0.1, 0.15) is 39.2 Å². The van der Waals surface area contributed by atoms with Crippen molar-refractivity contribution >= 4 is 40.2 Å². The van der Waals surface area contributed by atoms with Crippen LogP contribution in [0.25, 0.3) is 11.0 Å². The molecule has 1 aliphatic rings. The van der Waals surface area contributed by atoms with Crippen molar-refractivity contribution in [3.05, 3.63) is 50.4 Å². The standard InChI is InChI=1S/C21H26Cl2N6O/c1-21(2,3)29-18-17(11-24-29)19(30)27-20(26-18)25-16-4-6-28(7-5-16)12-13-8-14(22)10-15(23)9-13/h8-11,16H,4-7,12H2,1-3H3,(H2,25,26,27,30). The molecule has 0 spiro atoms. The van der Waals surface area contributed by atoms with E-state index in [2.05, 4.69) is 25.3 Å². The highest BCUT2D eigenvalue weighted by Crippen LogP contribution is 2.23. The van der Waals surface area contributed by atoms with Crippen LogP contribution in [-0.2, 0) is 12.1 Å². The first-order valence-corrected chi connectivity index (χ1v) is 10.9. The van der Waals surface area contributed by atoms with Gasteiger partial charge in [-0.05, 0) is 57.4 Å². The van der Waals surface area contributed by atoms with Crippen molar-refractivity contribution in [3.63, 3.8) is 0 Å². The van der Waals surface area contributed by atoms with E-state index in [0.717, 1.165) is 38.0 Å². The zero-order valence-electron chi connectivity index (χ0n) is 17.4. The maximum Gasteiger partial charge on any atom is 0.263 e. The topological polar surface area (TPSA) is 78.8 Å². The van der Waals surface area contributed by atoms with Gasteiger partial charge in [-0.15, -0.1) is 0 Å².